The van der Waals surface area contributed by atoms with Crippen LogP contribution in [0.1, 0.15) is 42.0 Å². The average molecular weight is 461 g/mol. The third-order valence-corrected chi connectivity index (χ3v) is 6.03. The molecule has 1 saturated carbocycles. The van der Waals surface area contributed by atoms with Crippen LogP contribution in [0, 0.1) is 5.92 Å². The monoisotopic (exact) mass is 461 g/mol. The van der Waals surface area contributed by atoms with Crippen molar-refractivity contribution in [3.8, 4) is 5.75 Å². The Balaban J connectivity index is 1.41. The number of ether oxygens (including phenoxy) is 1. The van der Waals surface area contributed by atoms with Crippen molar-refractivity contribution < 1.29 is 27.5 Å². The summed E-state index contributed by atoms with van der Waals surface area (Å²) < 4.78 is 43.8. The van der Waals surface area contributed by atoms with E-state index in [-0.39, 0.29) is 30.2 Å². The Morgan fingerprint density at radius 1 is 1.12 bits per heavy atom. The Morgan fingerprint density at radius 3 is 2.36 bits per heavy atom. The molecule has 2 unspecified atom stereocenters. The summed E-state index contributed by atoms with van der Waals surface area (Å²) >= 11 is 0. The second-order valence-corrected chi connectivity index (χ2v) is 8.54. The first kappa shape index (κ1) is 23.1. The highest BCUT2D eigenvalue weighted by Gasteiger charge is 2.37. The summed E-state index contributed by atoms with van der Waals surface area (Å²) in [6.45, 7) is 0. The number of benzene rings is 2. The van der Waals surface area contributed by atoms with E-state index in [1.54, 1.807) is 7.11 Å². The van der Waals surface area contributed by atoms with Gasteiger partial charge in [-0.1, -0.05) is 24.3 Å². The van der Waals surface area contributed by atoms with Crippen LogP contribution in [0.2, 0.25) is 0 Å². The Kier molecular flexibility index (Phi) is 6.60. The number of hydrogen-bond acceptors (Lipinski definition) is 4. The van der Waals surface area contributed by atoms with Gasteiger partial charge in [-0.3, -0.25) is 14.9 Å². The minimum Gasteiger partial charge on any atom is -0.497 e. The molecule has 2 fully saturated rings. The third-order valence-electron chi connectivity index (χ3n) is 6.03. The molecule has 2 aliphatic rings. The molecule has 0 aromatic heterocycles. The summed E-state index contributed by atoms with van der Waals surface area (Å²) in [5.41, 5.74) is 0.878. The first-order valence-electron chi connectivity index (χ1n) is 10.9. The van der Waals surface area contributed by atoms with Crippen LogP contribution in [0.3, 0.4) is 0 Å². The second-order valence-electron chi connectivity index (χ2n) is 8.54. The summed E-state index contributed by atoms with van der Waals surface area (Å²) in [5.74, 6) is 0.343. The van der Waals surface area contributed by atoms with Crippen molar-refractivity contribution in [2.75, 3.05) is 7.11 Å². The number of nitrogens with one attached hydrogen (secondary N) is 3. The summed E-state index contributed by atoms with van der Waals surface area (Å²) in [6, 6.07) is 11.2. The third kappa shape index (κ3) is 5.84. The zero-order chi connectivity index (χ0) is 23.6. The topological polar surface area (TPSA) is 79.5 Å². The van der Waals surface area contributed by atoms with Gasteiger partial charge < -0.3 is 15.4 Å². The number of alkyl halides is 3. The maximum atomic E-state index is 13.0. The van der Waals surface area contributed by atoms with Gasteiger partial charge >= 0.3 is 6.18 Å². The minimum atomic E-state index is -4.41. The number of methoxy groups -OCH3 is 1. The molecular weight excluding hydrogens is 435 g/mol. The van der Waals surface area contributed by atoms with Gasteiger partial charge in [-0.15, -0.1) is 0 Å². The van der Waals surface area contributed by atoms with Crippen molar-refractivity contribution in [2.45, 2.75) is 50.1 Å². The van der Waals surface area contributed by atoms with Gasteiger partial charge in [-0.25, -0.2) is 0 Å². The van der Waals surface area contributed by atoms with Crippen molar-refractivity contribution in [3.63, 3.8) is 0 Å². The second kappa shape index (κ2) is 9.43. The average Bonchev–Trinajstić information content (AvgIpc) is 3.62. The lowest BCUT2D eigenvalue weighted by molar-refractivity contribution is -0.137. The molecule has 2 aromatic carbocycles. The molecule has 3 atom stereocenters. The van der Waals surface area contributed by atoms with E-state index in [2.05, 4.69) is 16.0 Å². The zero-order valence-electron chi connectivity index (χ0n) is 18.1. The Labute approximate surface area is 189 Å². The first-order valence-corrected chi connectivity index (χ1v) is 10.9. The number of hydrogen-bond donors (Lipinski definition) is 3. The number of carbonyl (C=O) groups is 2. The Bertz CT molecular complexity index is 989. The quantitative estimate of drug-likeness (QED) is 0.591. The van der Waals surface area contributed by atoms with Crippen molar-refractivity contribution >= 4 is 11.8 Å². The highest BCUT2D eigenvalue weighted by atomic mass is 19.4. The molecule has 6 nitrogen and oxygen atoms in total. The van der Waals surface area contributed by atoms with Crippen LogP contribution in [0.4, 0.5) is 13.2 Å². The standard InChI is InChI=1S/C24H26F3N3O3/c1-33-18-10-2-14(3-11-18)12-20-28-19(13-21(31)29-20)23(32)30-22(15-4-5-15)16-6-8-17(9-7-16)24(25,26)27/h2-3,6-11,15,19-20,22,28H,4-5,12-13H2,1H3,(H,29,31)(H,30,32)/t19?,20?,22-/m1/s1. The molecule has 1 saturated heterocycles. The van der Waals surface area contributed by atoms with Crippen molar-refractivity contribution in [1.82, 2.24) is 16.0 Å². The van der Waals surface area contributed by atoms with Gasteiger partial charge in [0.05, 0.1) is 37.3 Å². The first-order chi connectivity index (χ1) is 15.7. The Hall–Kier alpha value is -3.07. The van der Waals surface area contributed by atoms with E-state index < -0.39 is 23.9 Å². The van der Waals surface area contributed by atoms with Crippen LogP contribution in [0.5, 0.6) is 5.75 Å². The van der Waals surface area contributed by atoms with E-state index in [0.717, 1.165) is 36.3 Å². The molecule has 0 radical (unpaired) electrons. The maximum Gasteiger partial charge on any atom is 0.416 e. The molecule has 1 aliphatic heterocycles. The molecular formula is C24H26F3N3O3. The fraction of sp³-hybridized carbons (Fsp3) is 0.417. The van der Waals surface area contributed by atoms with Crippen LogP contribution in [0.15, 0.2) is 48.5 Å². The molecule has 0 bridgehead atoms. The van der Waals surface area contributed by atoms with E-state index in [1.807, 2.05) is 24.3 Å². The predicted molar refractivity (Wildman–Crippen MR) is 115 cm³/mol. The van der Waals surface area contributed by atoms with Crippen LogP contribution < -0.4 is 20.7 Å². The lowest BCUT2D eigenvalue weighted by Crippen LogP contribution is -2.61. The molecule has 3 N–H and O–H groups in total. The van der Waals surface area contributed by atoms with Gasteiger partial charge in [-0.05, 0) is 54.2 Å². The van der Waals surface area contributed by atoms with Gasteiger partial charge in [0.25, 0.3) is 0 Å². The molecule has 9 heteroatoms. The van der Waals surface area contributed by atoms with Gasteiger partial charge in [0.2, 0.25) is 11.8 Å². The highest BCUT2D eigenvalue weighted by Crippen LogP contribution is 2.41. The van der Waals surface area contributed by atoms with Crippen LogP contribution >= 0.6 is 0 Å². The summed E-state index contributed by atoms with van der Waals surface area (Å²) in [4.78, 5) is 25.3. The van der Waals surface area contributed by atoms with Crippen molar-refractivity contribution in [2.24, 2.45) is 5.92 Å². The van der Waals surface area contributed by atoms with E-state index in [9.17, 15) is 22.8 Å². The highest BCUT2D eigenvalue weighted by molar-refractivity contribution is 5.89. The normalized spacial score (nSPS) is 21.8. The van der Waals surface area contributed by atoms with Crippen LogP contribution in [-0.4, -0.2) is 31.1 Å². The SMILES string of the molecule is COc1ccc(CC2NC(=O)CC(C(=O)N[C@@H](c3ccc(C(F)(F)F)cc3)C3CC3)N2)cc1. The van der Waals surface area contributed by atoms with Crippen LogP contribution in [0.25, 0.3) is 0 Å². The maximum absolute atomic E-state index is 13.0. The van der Waals surface area contributed by atoms with Gasteiger partial charge in [-0.2, -0.15) is 13.2 Å². The number of amides is 2. The Morgan fingerprint density at radius 2 is 1.79 bits per heavy atom. The number of rotatable bonds is 7. The van der Waals surface area contributed by atoms with E-state index >= 15 is 0 Å². The summed E-state index contributed by atoms with van der Waals surface area (Å²) in [7, 11) is 1.58. The molecule has 1 heterocycles. The minimum absolute atomic E-state index is 0.00462. The summed E-state index contributed by atoms with van der Waals surface area (Å²) in [5, 5.41) is 9.00. The number of carbonyl (C=O) groups excluding carboxylic acids is 2. The zero-order valence-corrected chi connectivity index (χ0v) is 18.1. The predicted octanol–water partition coefficient (Wildman–Crippen LogP) is 3.33. The van der Waals surface area contributed by atoms with E-state index in [1.165, 1.54) is 12.1 Å². The molecule has 1 aliphatic carbocycles. The smallest absolute Gasteiger partial charge is 0.416 e. The fourth-order valence-electron chi connectivity index (χ4n) is 4.09. The molecule has 0 spiro atoms. The summed E-state index contributed by atoms with van der Waals surface area (Å²) in [6.07, 6.45) is -2.55. The van der Waals surface area contributed by atoms with Crippen molar-refractivity contribution in [3.05, 3.63) is 65.2 Å². The molecule has 33 heavy (non-hydrogen) atoms. The molecule has 2 aromatic rings. The van der Waals surface area contributed by atoms with Crippen molar-refractivity contribution in [1.29, 1.82) is 0 Å². The van der Waals surface area contributed by atoms with Crippen LogP contribution in [-0.2, 0) is 22.2 Å². The van der Waals surface area contributed by atoms with E-state index in [0.29, 0.717) is 12.0 Å². The number of halogens is 3. The van der Waals surface area contributed by atoms with Gasteiger partial charge in [0.15, 0.2) is 0 Å². The van der Waals surface area contributed by atoms with E-state index in [4.69, 9.17) is 4.74 Å². The fourth-order valence-corrected chi connectivity index (χ4v) is 4.09. The van der Waals surface area contributed by atoms with Gasteiger partial charge in [0.1, 0.15) is 5.75 Å². The molecule has 4 rings (SSSR count). The lowest BCUT2D eigenvalue weighted by Gasteiger charge is -2.32. The largest absolute Gasteiger partial charge is 0.497 e. The molecule has 176 valence electrons. The van der Waals surface area contributed by atoms with Gasteiger partial charge in [0, 0.05) is 6.42 Å². The molecule has 2 amide bonds. The lowest BCUT2D eigenvalue weighted by atomic mass is 9.99.